The summed E-state index contributed by atoms with van der Waals surface area (Å²) < 4.78 is 22.0. The largest absolute Gasteiger partial charge is 0.497 e. The summed E-state index contributed by atoms with van der Waals surface area (Å²) in [6.07, 6.45) is 0. The van der Waals surface area contributed by atoms with Crippen molar-refractivity contribution in [3.63, 3.8) is 0 Å². The Bertz CT molecular complexity index is 935. The molecule has 1 heterocycles. The fourth-order valence-corrected chi connectivity index (χ4v) is 5.05. The summed E-state index contributed by atoms with van der Waals surface area (Å²) in [5.41, 5.74) is 2.74. The van der Waals surface area contributed by atoms with Crippen LogP contribution in [0.3, 0.4) is 0 Å². The molecule has 0 aliphatic carbocycles. The Morgan fingerprint density at radius 1 is 0.731 bits per heavy atom. The van der Waals surface area contributed by atoms with Crippen LogP contribution in [0, 0.1) is 5.41 Å². The lowest BCUT2D eigenvalue weighted by Crippen LogP contribution is -1.99. The van der Waals surface area contributed by atoms with Gasteiger partial charge in [0.15, 0.2) is 11.5 Å². The van der Waals surface area contributed by atoms with E-state index in [1.54, 1.807) is 38.8 Å². The first kappa shape index (κ1) is 18.3. The molecule has 0 saturated carbocycles. The van der Waals surface area contributed by atoms with E-state index in [-0.39, 0.29) is 0 Å². The van der Waals surface area contributed by atoms with Gasteiger partial charge in [-0.15, -0.1) is 0 Å². The number of hydrogen-bond acceptors (Lipinski definition) is 7. The zero-order valence-corrected chi connectivity index (χ0v) is 16.5. The van der Waals surface area contributed by atoms with Crippen LogP contribution in [0.2, 0.25) is 0 Å². The smallest absolute Gasteiger partial charge is 0.203 e. The maximum absolute atomic E-state index is 8.40. The second-order valence-electron chi connectivity index (χ2n) is 5.34. The minimum absolute atomic E-state index is 0.495. The predicted molar refractivity (Wildman–Crippen MR) is 105 cm³/mol. The Morgan fingerprint density at radius 2 is 1.35 bits per heavy atom. The Hall–Kier alpha value is -2.51. The van der Waals surface area contributed by atoms with Crippen LogP contribution in [-0.2, 0) is 0 Å². The molecule has 5 nitrogen and oxygen atoms in total. The molecule has 0 spiro atoms. The van der Waals surface area contributed by atoms with E-state index in [9.17, 15) is 0 Å². The number of hydrogen-bond donors (Lipinski definition) is 1. The van der Waals surface area contributed by atoms with Gasteiger partial charge in [-0.1, -0.05) is 20.7 Å². The third-order valence-electron chi connectivity index (χ3n) is 3.97. The molecule has 0 bridgehead atoms. The number of benzene rings is 2. The molecule has 26 heavy (non-hydrogen) atoms. The molecule has 2 aromatic carbocycles. The first-order valence-electron chi connectivity index (χ1n) is 7.75. The first-order valence-corrected chi connectivity index (χ1v) is 9.90. The number of rotatable bonds is 6. The lowest BCUT2D eigenvalue weighted by atomic mass is 10.0. The van der Waals surface area contributed by atoms with E-state index in [0.717, 1.165) is 27.3 Å². The Morgan fingerprint density at radius 3 is 1.85 bits per heavy atom. The highest BCUT2D eigenvalue weighted by Crippen LogP contribution is 2.44. The summed E-state index contributed by atoms with van der Waals surface area (Å²) >= 11 is 0. The van der Waals surface area contributed by atoms with Crippen LogP contribution in [0.4, 0.5) is 0 Å². The Balaban J connectivity index is 2.18. The van der Waals surface area contributed by atoms with Gasteiger partial charge in [0.1, 0.15) is 10.4 Å². The number of methoxy groups -OCH3 is 4. The standard InChI is InChI=1S/C19H19NO4S2/c1-21-13-7-5-11(6-8-13)18-16(19(20)26-25-18)12-9-14(22-2)17(24-4)15(10-12)23-3/h5-10,20H,1-4H3. The van der Waals surface area contributed by atoms with Gasteiger partial charge >= 0.3 is 0 Å². The average Bonchev–Trinajstić information content (AvgIpc) is 3.08. The van der Waals surface area contributed by atoms with Gasteiger partial charge < -0.3 is 18.9 Å². The maximum atomic E-state index is 8.40. The SMILES string of the molecule is COc1ccc(-c2ssc(=N)c2-c2cc(OC)c(OC)c(OC)c2)cc1. The highest BCUT2D eigenvalue weighted by Gasteiger charge is 2.19. The number of ether oxygens (including phenoxy) is 4. The summed E-state index contributed by atoms with van der Waals surface area (Å²) in [5, 5.41) is 8.40. The molecular weight excluding hydrogens is 370 g/mol. The van der Waals surface area contributed by atoms with Crippen LogP contribution in [0.25, 0.3) is 21.6 Å². The minimum atomic E-state index is 0.495. The zero-order valence-electron chi connectivity index (χ0n) is 14.9. The molecule has 0 aliphatic rings. The van der Waals surface area contributed by atoms with Crippen molar-refractivity contribution >= 4 is 20.7 Å². The van der Waals surface area contributed by atoms with Crippen LogP contribution in [0.15, 0.2) is 36.4 Å². The maximum Gasteiger partial charge on any atom is 0.203 e. The molecule has 3 aromatic rings. The van der Waals surface area contributed by atoms with Crippen molar-refractivity contribution in [2.24, 2.45) is 0 Å². The van der Waals surface area contributed by atoms with Gasteiger partial charge in [0.05, 0.1) is 33.3 Å². The number of nitrogens with one attached hydrogen (secondary N) is 1. The summed E-state index contributed by atoms with van der Waals surface area (Å²) in [5.74, 6) is 2.47. The van der Waals surface area contributed by atoms with Gasteiger partial charge in [0.25, 0.3) is 0 Å². The molecule has 0 atom stereocenters. The molecule has 0 amide bonds. The fraction of sp³-hybridized carbons (Fsp3) is 0.211. The molecule has 0 saturated heterocycles. The molecule has 0 unspecified atom stereocenters. The van der Waals surface area contributed by atoms with E-state index in [0.29, 0.717) is 21.9 Å². The van der Waals surface area contributed by atoms with E-state index < -0.39 is 0 Å². The monoisotopic (exact) mass is 389 g/mol. The highest BCUT2D eigenvalue weighted by atomic mass is 32.9. The Labute approximate surface area is 159 Å². The van der Waals surface area contributed by atoms with Crippen molar-refractivity contribution in [1.82, 2.24) is 0 Å². The molecule has 7 heteroatoms. The van der Waals surface area contributed by atoms with Crippen LogP contribution < -0.4 is 23.6 Å². The normalized spacial score (nSPS) is 10.5. The summed E-state index contributed by atoms with van der Waals surface area (Å²) in [6.45, 7) is 0. The second kappa shape index (κ2) is 7.80. The van der Waals surface area contributed by atoms with Gasteiger partial charge in [-0.3, -0.25) is 5.41 Å². The topological polar surface area (TPSA) is 60.8 Å². The van der Waals surface area contributed by atoms with E-state index in [2.05, 4.69) is 0 Å². The van der Waals surface area contributed by atoms with Gasteiger partial charge in [-0.05, 0) is 47.5 Å². The first-order chi connectivity index (χ1) is 12.6. The lowest BCUT2D eigenvalue weighted by molar-refractivity contribution is 0.324. The third-order valence-corrected chi connectivity index (χ3v) is 6.28. The summed E-state index contributed by atoms with van der Waals surface area (Å²) in [7, 11) is 9.40. The highest BCUT2D eigenvalue weighted by molar-refractivity contribution is 7.70. The fourth-order valence-electron chi connectivity index (χ4n) is 2.69. The summed E-state index contributed by atoms with van der Waals surface area (Å²) in [4.78, 5) is 1.02. The molecule has 1 aromatic heterocycles. The predicted octanol–water partition coefficient (Wildman–Crippen LogP) is 4.66. The lowest BCUT2D eigenvalue weighted by Gasteiger charge is -2.14. The van der Waals surface area contributed by atoms with E-state index in [1.165, 1.54) is 10.3 Å². The van der Waals surface area contributed by atoms with Crippen LogP contribution in [0.5, 0.6) is 23.0 Å². The van der Waals surface area contributed by atoms with Crippen molar-refractivity contribution in [2.45, 2.75) is 0 Å². The molecule has 0 fully saturated rings. The molecular formula is C19H19NO4S2. The van der Waals surface area contributed by atoms with Crippen molar-refractivity contribution in [2.75, 3.05) is 28.4 Å². The van der Waals surface area contributed by atoms with Gasteiger partial charge in [-0.2, -0.15) is 0 Å². The van der Waals surface area contributed by atoms with Gasteiger partial charge in [-0.25, -0.2) is 0 Å². The van der Waals surface area contributed by atoms with Crippen molar-refractivity contribution in [3.05, 3.63) is 41.1 Å². The van der Waals surface area contributed by atoms with Crippen LogP contribution in [-0.4, -0.2) is 28.4 Å². The molecule has 136 valence electrons. The molecule has 0 radical (unpaired) electrons. The summed E-state index contributed by atoms with van der Waals surface area (Å²) in [6, 6.07) is 11.6. The van der Waals surface area contributed by atoms with E-state index >= 15 is 0 Å². The quantitative estimate of drug-likeness (QED) is 0.623. The van der Waals surface area contributed by atoms with Gasteiger partial charge in [0.2, 0.25) is 5.75 Å². The van der Waals surface area contributed by atoms with E-state index in [1.807, 2.05) is 36.4 Å². The van der Waals surface area contributed by atoms with Crippen molar-refractivity contribution in [1.29, 1.82) is 5.41 Å². The van der Waals surface area contributed by atoms with Gasteiger partial charge in [0, 0.05) is 5.56 Å². The van der Waals surface area contributed by atoms with E-state index in [4.69, 9.17) is 24.4 Å². The molecule has 1 N–H and O–H groups in total. The average molecular weight is 389 g/mol. The second-order valence-corrected chi connectivity index (χ2v) is 7.49. The Kier molecular flexibility index (Phi) is 5.49. The zero-order chi connectivity index (χ0) is 18.7. The van der Waals surface area contributed by atoms with Crippen LogP contribution in [0.1, 0.15) is 0 Å². The van der Waals surface area contributed by atoms with Crippen molar-refractivity contribution in [3.8, 4) is 44.6 Å². The third kappa shape index (κ3) is 3.27. The molecule has 3 rings (SSSR count). The minimum Gasteiger partial charge on any atom is -0.497 e. The van der Waals surface area contributed by atoms with Crippen molar-refractivity contribution < 1.29 is 18.9 Å². The van der Waals surface area contributed by atoms with Crippen LogP contribution >= 0.6 is 20.7 Å². The molecule has 0 aliphatic heterocycles.